The van der Waals surface area contributed by atoms with Crippen LogP contribution in [0.3, 0.4) is 0 Å². The van der Waals surface area contributed by atoms with Crippen molar-refractivity contribution in [3.63, 3.8) is 0 Å². The van der Waals surface area contributed by atoms with E-state index in [1.54, 1.807) is 24.3 Å². The standard InChI is InChI=1S/C22H18ClN3O6S/c1-26(17-6-3-5-16(23)12-17)33(29,30)18-7-2-4-14(10-18)21(27)24-25-22(28)15-8-9-19-20(11-15)32-13-31-19/h2-12H,13H2,1H3,(H,24,27)(H,25,28). The van der Waals surface area contributed by atoms with Crippen LogP contribution in [0.15, 0.2) is 71.6 Å². The van der Waals surface area contributed by atoms with Gasteiger partial charge >= 0.3 is 0 Å². The number of fused-ring (bicyclic) bond motifs is 1. The van der Waals surface area contributed by atoms with Crippen molar-refractivity contribution in [1.29, 1.82) is 0 Å². The number of hydrogen-bond donors (Lipinski definition) is 2. The first-order valence-electron chi connectivity index (χ1n) is 9.60. The summed E-state index contributed by atoms with van der Waals surface area (Å²) in [4.78, 5) is 24.8. The fraction of sp³-hybridized carbons (Fsp3) is 0.0909. The normalized spacial score (nSPS) is 12.2. The lowest BCUT2D eigenvalue weighted by Gasteiger charge is -2.20. The van der Waals surface area contributed by atoms with Crippen molar-refractivity contribution in [2.24, 2.45) is 0 Å². The number of nitrogens with one attached hydrogen (secondary N) is 2. The number of hydrazine groups is 1. The molecular weight excluding hydrogens is 470 g/mol. The summed E-state index contributed by atoms with van der Waals surface area (Å²) in [6, 6.07) is 16.4. The van der Waals surface area contributed by atoms with Crippen LogP contribution >= 0.6 is 11.6 Å². The first kappa shape index (κ1) is 22.4. The zero-order valence-corrected chi connectivity index (χ0v) is 18.8. The van der Waals surface area contributed by atoms with Crippen molar-refractivity contribution in [3.05, 3.63) is 82.9 Å². The highest BCUT2D eigenvalue weighted by Crippen LogP contribution is 2.32. The van der Waals surface area contributed by atoms with Gasteiger partial charge in [-0.25, -0.2) is 8.42 Å². The van der Waals surface area contributed by atoms with Gasteiger partial charge in [-0.1, -0.05) is 23.7 Å². The minimum absolute atomic E-state index is 0.0431. The number of halogens is 1. The van der Waals surface area contributed by atoms with Crippen LogP contribution in [-0.2, 0) is 10.0 Å². The maximum atomic E-state index is 13.0. The summed E-state index contributed by atoms with van der Waals surface area (Å²) in [5.74, 6) is -0.315. The highest BCUT2D eigenvalue weighted by atomic mass is 35.5. The Hall–Kier alpha value is -3.76. The van der Waals surface area contributed by atoms with E-state index in [-0.39, 0.29) is 22.8 Å². The van der Waals surface area contributed by atoms with Gasteiger partial charge in [-0.05, 0) is 54.6 Å². The average molecular weight is 488 g/mol. The van der Waals surface area contributed by atoms with Crippen LogP contribution in [-0.4, -0.2) is 34.1 Å². The van der Waals surface area contributed by atoms with Crippen molar-refractivity contribution >= 4 is 39.1 Å². The van der Waals surface area contributed by atoms with Crippen molar-refractivity contribution in [2.75, 3.05) is 18.1 Å². The molecule has 0 bridgehead atoms. The number of carbonyl (C=O) groups excluding carboxylic acids is 2. The maximum Gasteiger partial charge on any atom is 0.269 e. The molecule has 0 saturated carbocycles. The van der Waals surface area contributed by atoms with Crippen LogP contribution in [0.1, 0.15) is 20.7 Å². The number of rotatable bonds is 5. The summed E-state index contributed by atoms with van der Waals surface area (Å²) >= 11 is 5.96. The molecule has 0 radical (unpaired) electrons. The molecule has 0 aromatic heterocycles. The Bertz CT molecular complexity index is 1350. The topological polar surface area (TPSA) is 114 Å². The van der Waals surface area contributed by atoms with Crippen molar-refractivity contribution in [3.8, 4) is 11.5 Å². The number of carbonyl (C=O) groups is 2. The predicted molar refractivity (Wildman–Crippen MR) is 121 cm³/mol. The summed E-state index contributed by atoms with van der Waals surface area (Å²) in [6.07, 6.45) is 0. The van der Waals surface area contributed by atoms with Crippen LogP contribution in [0.2, 0.25) is 5.02 Å². The molecule has 1 aliphatic heterocycles. The second-order valence-electron chi connectivity index (χ2n) is 6.96. The number of sulfonamides is 1. The summed E-state index contributed by atoms with van der Waals surface area (Å²) in [7, 11) is -2.58. The van der Waals surface area contributed by atoms with Gasteiger partial charge in [0.2, 0.25) is 6.79 Å². The monoisotopic (exact) mass is 487 g/mol. The van der Waals surface area contributed by atoms with E-state index < -0.39 is 21.8 Å². The van der Waals surface area contributed by atoms with Gasteiger partial charge in [-0.15, -0.1) is 0 Å². The van der Waals surface area contributed by atoms with Crippen LogP contribution in [0.25, 0.3) is 0 Å². The van der Waals surface area contributed by atoms with E-state index in [1.165, 1.54) is 49.5 Å². The van der Waals surface area contributed by atoms with Crippen molar-refractivity contribution in [2.45, 2.75) is 4.90 Å². The van der Waals surface area contributed by atoms with E-state index >= 15 is 0 Å². The van der Waals surface area contributed by atoms with Crippen molar-refractivity contribution in [1.82, 2.24) is 10.9 Å². The summed E-state index contributed by atoms with van der Waals surface area (Å²) < 4.78 is 37.5. The van der Waals surface area contributed by atoms with E-state index in [1.807, 2.05) is 0 Å². The third-order valence-electron chi connectivity index (χ3n) is 4.85. The fourth-order valence-electron chi connectivity index (χ4n) is 3.06. The highest BCUT2D eigenvalue weighted by Gasteiger charge is 2.23. The molecule has 2 amide bonds. The molecule has 170 valence electrons. The molecule has 2 N–H and O–H groups in total. The van der Waals surface area contributed by atoms with Gasteiger partial charge in [-0.2, -0.15) is 0 Å². The number of nitrogens with zero attached hydrogens (tertiary/aromatic N) is 1. The molecule has 3 aromatic carbocycles. The Morgan fingerprint density at radius 2 is 1.55 bits per heavy atom. The minimum Gasteiger partial charge on any atom is -0.454 e. The van der Waals surface area contributed by atoms with E-state index in [2.05, 4.69) is 10.9 Å². The Kier molecular flexibility index (Phi) is 6.12. The summed E-state index contributed by atoms with van der Waals surface area (Å²) in [6.45, 7) is 0.0723. The number of amides is 2. The number of benzene rings is 3. The summed E-state index contributed by atoms with van der Waals surface area (Å²) in [5.41, 5.74) is 5.23. The molecule has 0 saturated heterocycles. The Labute approximate surface area is 194 Å². The molecule has 3 aromatic rings. The van der Waals surface area contributed by atoms with Crippen LogP contribution in [0.4, 0.5) is 5.69 Å². The minimum atomic E-state index is -3.96. The van der Waals surface area contributed by atoms with Gasteiger partial charge in [0.15, 0.2) is 11.5 Å². The van der Waals surface area contributed by atoms with Gasteiger partial charge in [0, 0.05) is 23.2 Å². The maximum absolute atomic E-state index is 13.0. The molecule has 11 heteroatoms. The third kappa shape index (κ3) is 4.71. The fourth-order valence-corrected chi connectivity index (χ4v) is 4.48. The lowest BCUT2D eigenvalue weighted by atomic mass is 10.2. The molecule has 0 atom stereocenters. The molecule has 0 fully saturated rings. The van der Waals surface area contributed by atoms with Crippen LogP contribution < -0.4 is 24.6 Å². The molecule has 0 aliphatic carbocycles. The Morgan fingerprint density at radius 3 is 2.27 bits per heavy atom. The second kappa shape index (κ2) is 9.00. The molecule has 4 rings (SSSR count). The lowest BCUT2D eigenvalue weighted by Crippen LogP contribution is -2.41. The quantitative estimate of drug-likeness (QED) is 0.535. The predicted octanol–water partition coefficient (Wildman–Crippen LogP) is 2.97. The van der Waals surface area contributed by atoms with Gasteiger partial charge in [-0.3, -0.25) is 24.7 Å². The molecule has 9 nitrogen and oxygen atoms in total. The van der Waals surface area contributed by atoms with Gasteiger partial charge in [0.1, 0.15) is 0 Å². The van der Waals surface area contributed by atoms with E-state index in [0.717, 1.165) is 4.31 Å². The van der Waals surface area contributed by atoms with Crippen molar-refractivity contribution < 1.29 is 27.5 Å². The zero-order chi connectivity index (χ0) is 23.6. The number of anilines is 1. The number of hydrogen-bond acceptors (Lipinski definition) is 6. The van der Waals surface area contributed by atoms with E-state index in [9.17, 15) is 18.0 Å². The largest absolute Gasteiger partial charge is 0.454 e. The Balaban J connectivity index is 1.46. The lowest BCUT2D eigenvalue weighted by molar-refractivity contribution is 0.0846. The molecule has 0 unspecified atom stereocenters. The highest BCUT2D eigenvalue weighted by molar-refractivity contribution is 7.92. The zero-order valence-electron chi connectivity index (χ0n) is 17.2. The third-order valence-corrected chi connectivity index (χ3v) is 6.87. The van der Waals surface area contributed by atoms with E-state index in [0.29, 0.717) is 22.2 Å². The average Bonchev–Trinajstić information content (AvgIpc) is 3.30. The molecule has 33 heavy (non-hydrogen) atoms. The van der Waals surface area contributed by atoms with Crippen LogP contribution in [0.5, 0.6) is 11.5 Å². The second-order valence-corrected chi connectivity index (χ2v) is 9.36. The van der Waals surface area contributed by atoms with Gasteiger partial charge < -0.3 is 9.47 Å². The molecular formula is C22H18ClN3O6S. The smallest absolute Gasteiger partial charge is 0.269 e. The molecule has 1 heterocycles. The molecule has 1 aliphatic rings. The first-order chi connectivity index (χ1) is 15.8. The van der Waals surface area contributed by atoms with E-state index in [4.69, 9.17) is 21.1 Å². The Morgan fingerprint density at radius 1 is 0.879 bits per heavy atom. The van der Waals surface area contributed by atoms with Crippen LogP contribution in [0, 0.1) is 0 Å². The number of ether oxygens (including phenoxy) is 2. The first-order valence-corrected chi connectivity index (χ1v) is 11.4. The molecule has 0 spiro atoms. The SMILES string of the molecule is CN(c1cccc(Cl)c1)S(=O)(=O)c1cccc(C(=O)NNC(=O)c2ccc3c(c2)OCO3)c1. The summed E-state index contributed by atoms with van der Waals surface area (Å²) in [5, 5.41) is 0.390. The van der Waals surface area contributed by atoms with Gasteiger partial charge in [0.05, 0.1) is 10.6 Å². The van der Waals surface area contributed by atoms with Gasteiger partial charge in [0.25, 0.3) is 21.8 Å².